The van der Waals surface area contributed by atoms with Crippen LogP contribution in [0.3, 0.4) is 0 Å². The Bertz CT molecular complexity index is 744. The van der Waals surface area contributed by atoms with Gasteiger partial charge in [0.25, 0.3) is 11.5 Å². The Labute approximate surface area is 118 Å². The Balaban J connectivity index is 2.64. The van der Waals surface area contributed by atoms with Gasteiger partial charge in [0.05, 0.1) is 0 Å². The first-order valence-electron chi connectivity index (χ1n) is 5.94. The minimum Gasteiger partial charge on any atom is -0.493 e. The molecule has 0 aliphatic rings. The molecule has 0 atom stereocenters. The quantitative estimate of drug-likeness (QED) is 0.657. The van der Waals surface area contributed by atoms with Crippen molar-refractivity contribution in [1.29, 1.82) is 0 Å². The van der Waals surface area contributed by atoms with E-state index in [1.165, 1.54) is 15.5 Å². The predicted molar refractivity (Wildman–Crippen MR) is 73.1 cm³/mol. The summed E-state index contributed by atoms with van der Waals surface area (Å²) >= 11 is 5.15. The fourth-order valence-corrected chi connectivity index (χ4v) is 2.10. The second-order valence-electron chi connectivity index (χ2n) is 3.76. The molecule has 2 rings (SSSR count). The van der Waals surface area contributed by atoms with Crippen LogP contribution in [0.1, 0.15) is 13.8 Å². The summed E-state index contributed by atoms with van der Waals surface area (Å²) in [5.41, 5.74) is -0.679. The second-order valence-corrected chi connectivity index (χ2v) is 4.13. The van der Waals surface area contributed by atoms with Crippen LogP contribution in [0.4, 0.5) is 11.6 Å². The topological polar surface area (TPSA) is 113 Å². The van der Waals surface area contributed by atoms with Gasteiger partial charge in [0.15, 0.2) is 4.77 Å². The van der Waals surface area contributed by atoms with Crippen molar-refractivity contribution in [1.82, 2.24) is 24.3 Å². The van der Waals surface area contributed by atoms with Gasteiger partial charge in [-0.25, -0.2) is 0 Å². The molecule has 0 saturated carbocycles. The number of azo groups is 1. The van der Waals surface area contributed by atoms with Crippen LogP contribution in [0.15, 0.2) is 21.4 Å². The van der Waals surface area contributed by atoms with Gasteiger partial charge in [-0.15, -0.1) is 20.4 Å². The van der Waals surface area contributed by atoms with E-state index in [4.69, 9.17) is 12.2 Å². The van der Waals surface area contributed by atoms with Crippen LogP contribution in [0.5, 0.6) is 5.88 Å². The summed E-state index contributed by atoms with van der Waals surface area (Å²) in [7, 11) is 0. The highest BCUT2D eigenvalue weighted by Gasteiger charge is 2.15. The molecule has 20 heavy (non-hydrogen) atoms. The molecule has 0 aliphatic heterocycles. The van der Waals surface area contributed by atoms with Gasteiger partial charge in [-0.3, -0.25) is 13.9 Å². The van der Waals surface area contributed by atoms with Crippen LogP contribution < -0.4 is 5.56 Å². The Hall–Kier alpha value is -2.36. The summed E-state index contributed by atoms with van der Waals surface area (Å²) in [5, 5.41) is 24.7. The summed E-state index contributed by atoms with van der Waals surface area (Å²) in [6, 6.07) is 0. The van der Waals surface area contributed by atoms with Gasteiger partial charge in [0, 0.05) is 13.1 Å². The molecular formula is C10H13N7O2S. The van der Waals surface area contributed by atoms with Crippen molar-refractivity contribution in [2.45, 2.75) is 26.9 Å². The number of nitrogens with one attached hydrogen (secondary N) is 1. The zero-order valence-corrected chi connectivity index (χ0v) is 11.8. The fourth-order valence-electron chi connectivity index (χ4n) is 1.67. The van der Waals surface area contributed by atoms with E-state index < -0.39 is 5.56 Å². The molecule has 2 heterocycles. The summed E-state index contributed by atoms with van der Waals surface area (Å²) in [5.74, 6) is -0.173. The zero-order valence-electron chi connectivity index (χ0n) is 10.9. The van der Waals surface area contributed by atoms with Gasteiger partial charge in [0.2, 0.25) is 11.6 Å². The second kappa shape index (κ2) is 5.74. The van der Waals surface area contributed by atoms with E-state index in [0.29, 0.717) is 13.1 Å². The first kappa shape index (κ1) is 14.1. The molecule has 0 saturated heterocycles. The lowest BCUT2D eigenvalue weighted by atomic mass is 10.4. The highest BCUT2D eigenvalue weighted by Crippen LogP contribution is 2.23. The molecule has 0 spiro atoms. The van der Waals surface area contributed by atoms with E-state index in [-0.39, 0.29) is 22.3 Å². The highest BCUT2D eigenvalue weighted by atomic mass is 32.1. The average molecular weight is 295 g/mol. The lowest BCUT2D eigenvalue weighted by Gasteiger charge is -2.12. The average Bonchev–Trinajstić information content (AvgIpc) is 2.93. The van der Waals surface area contributed by atoms with Crippen molar-refractivity contribution in [2.24, 2.45) is 10.2 Å². The van der Waals surface area contributed by atoms with Gasteiger partial charge in [0.1, 0.15) is 6.33 Å². The SMILES string of the molecule is CCn1c(O)c(/N=N/c2nnc[nH]2)c(=O)n(CC)c1=S. The Morgan fingerprint density at radius 1 is 1.35 bits per heavy atom. The van der Waals surface area contributed by atoms with E-state index in [1.807, 2.05) is 0 Å². The van der Waals surface area contributed by atoms with Crippen molar-refractivity contribution in [3.05, 3.63) is 21.5 Å². The molecule has 10 heteroatoms. The fraction of sp³-hybridized carbons (Fsp3) is 0.400. The van der Waals surface area contributed by atoms with Crippen LogP contribution >= 0.6 is 12.2 Å². The molecule has 0 aliphatic carbocycles. The van der Waals surface area contributed by atoms with Gasteiger partial charge in [-0.05, 0) is 26.1 Å². The van der Waals surface area contributed by atoms with Crippen molar-refractivity contribution in [3.8, 4) is 5.88 Å². The van der Waals surface area contributed by atoms with Crippen molar-refractivity contribution >= 4 is 23.9 Å². The number of rotatable bonds is 4. The smallest absolute Gasteiger partial charge is 0.286 e. The Morgan fingerprint density at radius 2 is 2.05 bits per heavy atom. The standard InChI is InChI=1S/C10H13N7O2S/c1-3-16-7(18)6(8(19)17(4-2)10(16)20)13-15-9-11-5-12-14-9/h5,18H,3-4H2,1-2H3,(H,11,12,14)/b15-13+. The molecule has 0 fully saturated rings. The van der Waals surface area contributed by atoms with Gasteiger partial charge < -0.3 is 10.1 Å². The third-order valence-corrected chi connectivity index (χ3v) is 3.10. The molecule has 2 aromatic rings. The summed E-state index contributed by atoms with van der Waals surface area (Å²) < 4.78 is 3.00. The molecule has 0 aromatic carbocycles. The zero-order chi connectivity index (χ0) is 14.7. The molecule has 106 valence electrons. The number of H-pyrrole nitrogens is 1. The maximum absolute atomic E-state index is 12.2. The first-order valence-corrected chi connectivity index (χ1v) is 6.35. The molecule has 2 N–H and O–H groups in total. The number of hydrogen-bond donors (Lipinski definition) is 2. The van der Waals surface area contributed by atoms with Gasteiger partial charge in [-0.1, -0.05) is 0 Å². The molecule has 0 unspecified atom stereocenters. The largest absolute Gasteiger partial charge is 0.493 e. The molecule has 0 amide bonds. The number of nitrogens with zero attached hydrogens (tertiary/aromatic N) is 6. The van der Waals surface area contributed by atoms with Crippen LogP contribution in [-0.2, 0) is 13.1 Å². The molecule has 0 bridgehead atoms. The molecular weight excluding hydrogens is 282 g/mol. The summed E-state index contributed by atoms with van der Waals surface area (Å²) in [6.45, 7) is 4.38. The monoisotopic (exact) mass is 295 g/mol. The summed E-state index contributed by atoms with van der Waals surface area (Å²) in [4.78, 5) is 14.8. The van der Waals surface area contributed by atoms with E-state index >= 15 is 0 Å². The van der Waals surface area contributed by atoms with Crippen molar-refractivity contribution < 1.29 is 5.11 Å². The number of hydrogen-bond acceptors (Lipinski definition) is 7. The number of aromatic nitrogens is 5. The normalized spacial score (nSPS) is 11.3. The van der Waals surface area contributed by atoms with Gasteiger partial charge in [-0.2, -0.15) is 0 Å². The molecule has 0 radical (unpaired) electrons. The summed E-state index contributed by atoms with van der Waals surface area (Å²) in [6.07, 6.45) is 1.33. The maximum atomic E-state index is 12.2. The Kier molecular flexibility index (Phi) is 4.03. The van der Waals surface area contributed by atoms with Crippen LogP contribution in [0, 0.1) is 4.77 Å². The molecule has 2 aromatic heterocycles. The van der Waals surface area contributed by atoms with Crippen molar-refractivity contribution in [2.75, 3.05) is 0 Å². The lowest BCUT2D eigenvalue weighted by molar-refractivity contribution is 0.402. The predicted octanol–water partition coefficient (Wildman–Crippen LogP) is 1.66. The minimum absolute atomic E-state index is 0.136. The van der Waals surface area contributed by atoms with Crippen LogP contribution in [0.25, 0.3) is 0 Å². The van der Waals surface area contributed by atoms with E-state index in [0.717, 1.165) is 0 Å². The number of aromatic amines is 1. The van der Waals surface area contributed by atoms with Crippen molar-refractivity contribution in [3.63, 3.8) is 0 Å². The number of aromatic hydroxyl groups is 1. The highest BCUT2D eigenvalue weighted by molar-refractivity contribution is 7.71. The minimum atomic E-state index is -0.497. The van der Waals surface area contributed by atoms with E-state index in [1.54, 1.807) is 13.8 Å². The lowest BCUT2D eigenvalue weighted by Crippen LogP contribution is -2.24. The van der Waals surface area contributed by atoms with Crippen LogP contribution in [-0.4, -0.2) is 29.4 Å². The van der Waals surface area contributed by atoms with Gasteiger partial charge >= 0.3 is 0 Å². The maximum Gasteiger partial charge on any atom is 0.286 e. The Morgan fingerprint density at radius 3 is 2.60 bits per heavy atom. The first-order chi connectivity index (χ1) is 9.60. The third-order valence-electron chi connectivity index (χ3n) is 2.66. The van der Waals surface area contributed by atoms with E-state index in [9.17, 15) is 9.90 Å². The van der Waals surface area contributed by atoms with Crippen LogP contribution in [0.2, 0.25) is 0 Å². The van der Waals surface area contributed by atoms with E-state index in [2.05, 4.69) is 25.4 Å². The third kappa shape index (κ3) is 2.37. The molecule has 9 nitrogen and oxygen atoms in total.